The first kappa shape index (κ1) is 21.0. The van der Waals surface area contributed by atoms with Crippen molar-refractivity contribution in [2.24, 2.45) is 0 Å². The molecule has 0 aliphatic heterocycles. The number of fused-ring (bicyclic) bond motifs is 1. The van der Waals surface area contributed by atoms with Gasteiger partial charge in [-0.1, -0.05) is 72.4 Å². The molecule has 6 heteroatoms. The van der Waals surface area contributed by atoms with Crippen LogP contribution in [0.25, 0.3) is 27.8 Å². The van der Waals surface area contributed by atoms with Crippen molar-refractivity contribution in [1.29, 1.82) is 0 Å². The molecule has 162 valence electrons. The summed E-state index contributed by atoms with van der Waals surface area (Å²) < 4.78 is 7.20. The number of carbonyl (C=O) groups is 1. The van der Waals surface area contributed by atoms with Crippen molar-refractivity contribution in [2.75, 3.05) is 12.9 Å². The summed E-state index contributed by atoms with van der Waals surface area (Å²) in [6, 6.07) is 31.6. The number of Topliss-reactive ketones (excluding diaryl/α,β-unsaturated/α-hetero) is 1. The quantitative estimate of drug-likeness (QED) is 0.222. The molecule has 0 saturated carbocycles. The van der Waals surface area contributed by atoms with Crippen molar-refractivity contribution in [3.8, 4) is 22.8 Å². The summed E-state index contributed by atoms with van der Waals surface area (Å²) in [5.74, 6) is 1.75. The monoisotopic (exact) mass is 451 g/mol. The molecule has 5 rings (SSSR count). The Hall–Kier alpha value is -3.90. The van der Waals surface area contributed by atoms with Crippen LogP contribution < -0.4 is 4.74 Å². The Bertz CT molecular complexity index is 1410. The zero-order valence-electron chi connectivity index (χ0n) is 18.0. The molecule has 0 atom stereocenters. The summed E-state index contributed by atoms with van der Waals surface area (Å²) in [7, 11) is 1.61. The van der Waals surface area contributed by atoms with Gasteiger partial charge < -0.3 is 4.74 Å². The van der Waals surface area contributed by atoms with Gasteiger partial charge in [0.2, 0.25) is 0 Å². The number of methoxy groups -OCH3 is 1. The fraction of sp³-hybridized carbons (Fsp3) is 0.0741. The number of hydrogen-bond donors (Lipinski definition) is 0. The molecule has 1 heterocycles. The summed E-state index contributed by atoms with van der Waals surface area (Å²) >= 11 is 1.38. The highest BCUT2D eigenvalue weighted by molar-refractivity contribution is 7.99. The summed E-state index contributed by atoms with van der Waals surface area (Å²) in [6.07, 6.45) is 0. The van der Waals surface area contributed by atoms with E-state index >= 15 is 0 Å². The minimum absolute atomic E-state index is 0.0250. The fourth-order valence-electron chi connectivity index (χ4n) is 3.76. The lowest BCUT2D eigenvalue weighted by atomic mass is 10.0. The van der Waals surface area contributed by atoms with Crippen LogP contribution in [0.1, 0.15) is 10.4 Å². The summed E-state index contributed by atoms with van der Waals surface area (Å²) in [6.45, 7) is 0. The van der Waals surface area contributed by atoms with Crippen LogP contribution in [0.4, 0.5) is 0 Å². The number of rotatable bonds is 7. The van der Waals surface area contributed by atoms with Crippen LogP contribution in [0.3, 0.4) is 0 Å². The molecule has 0 amide bonds. The van der Waals surface area contributed by atoms with Crippen molar-refractivity contribution in [3.05, 3.63) is 103 Å². The Labute approximate surface area is 196 Å². The summed E-state index contributed by atoms with van der Waals surface area (Å²) in [5, 5.41) is 11.9. The molecular formula is C27H21N3O2S. The van der Waals surface area contributed by atoms with E-state index in [1.165, 1.54) is 11.8 Å². The van der Waals surface area contributed by atoms with Gasteiger partial charge in [-0.3, -0.25) is 9.36 Å². The second kappa shape index (κ2) is 9.30. The minimum Gasteiger partial charge on any atom is -0.497 e. The van der Waals surface area contributed by atoms with Gasteiger partial charge in [-0.25, -0.2) is 0 Å². The van der Waals surface area contributed by atoms with Crippen molar-refractivity contribution >= 4 is 28.3 Å². The summed E-state index contributed by atoms with van der Waals surface area (Å²) in [5.41, 5.74) is 2.59. The van der Waals surface area contributed by atoms with E-state index in [0.717, 1.165) is 33.6 Å². The molecule has 0 aliphatic rings. The average molecular weight is 452 g/mol. The maximum Gasteiger partial charge on any atom is 0.196 e. The van der Waals surface area contributed by atoms with Crippen molar-refractivity contribution in [1.82, 2.24) is 14.8 Å². The fourth-order valence-corrected chi connectivity index (χ4v) is 4.60. The molecule has 5 nitrogen and oxygen atoms in total. The highest BCUT2D eigenvalue weighted by Crippen LogP contribution is 2.32. The van der Waals surface area contributed by atoms with Crippen LogP contribution in [0, 0.1) is 0 Å². The Morgan fingerprint density at radius 1 is 0.848 bits per heavy atom. The van der Waals surface area contributed by atoms with Crippen molar-refractivity contribution in [3.63, 3.8) is 0 Å². The molecule has 0 aliphatic carbocycles. The van der Waals surface area contributed by atoms with Crippen molar-refractivity contribution in [2.45, 2.75) is 5.16 Å². The highest BCUT2D eigenvalue weighted by atomic mass is 32.2. The van der Waals surface area contributed by atoms with Crippen molar-refractivity contribution < 1.29 is 9.53 Å². The minimum atomic E-state index is 0.0250. The molecule has 1 aromatic heterocycles. The number of aromatic nitrogens is 3. The molecule has 5 aromatic rings. The number of nitrogens with zero attached hydrogens (tertiary/aromatic N) is 3. The van der Waals surface area contributed by atoms with Gasteiger partial charge in [-0.15, -0.1) is 10.2 Å². The van der Waals surface area contributed by atoms with Gasteiger partial charge in [0.05, 0.1) is 12.9 Å². The normalized spacial score (nSPS) is 10.9. The third kappa shape index (κ3) is 4.25. The van der Waals surface area contributed by atoms with Gasteiger partial charge in [-0.2, -0.15) is 0 Å². The topological polar surface area (TPSA) is 57.0 Å². The number of hydrogen-bond acceptors (Lipinski definition) is 5. The smallest absolute Gasteiger partial charge is 0.196 e. The van der Waals surface area contributed by atoms with E-state index in [-0.39, 0.29) is 11.5 Å². The molecule has 0 spiro atoms. The van der Waals surface area contributed by atoms with E-state index in [4.69, 9.17) is 4.74 Å². The van der Waals surface area contributed by atoms with E-state index in [9.17, 15) is 4.79 Å². The van der Waals surface area contributed by atoms with Crippen LogP contribution >= 0.6 is 11.8 Å². The van der Waals surface area contributed by atoms with E-state index in [0.29, 0.717) is 10.7 Å². The predicted molar refractivity (Wildman–Crippen MR) is 132 cm³/mol. The standard InChI is InChI=1S/C27H21N3O2S/c1-32-22-16-14-20(15-17-22)25(31)18-33-27-29-28-26(30(27)21-10-3-2-4-11-21)24-13-7-9-19-8-5-6-12-23(19)24/h2-17H,18H2,1H3. The molecule has 0 bridgehead atoms. The van der Waals surface area contributed by atoms with Crippen LogP contribution in [0.2, 0.25) is 0 Å². The number of benzene rings is 4. The zero-order chi connectivity index (χ0) is 22.6. The first-order chi connectivity index (χ1) is 16.2. The maximum absolute atomic E-state index is 12.8. The Kier molecular flexibility index (Phi) is 5.91. The highest BCUT2D eigenvalue weighted by Gasteiger charge is 2.19. The zero-order valence-corrected chi connectivity index (χ0v) is 18.8. The van der Waals surface area contributed by atoms with Crippen LogP contribution in [-0.2, 0) is 0 Å². The van der Waals surface area contributed by atoms with Gasteiger partial charge >= 0.3 is 0 Å². The second-order valence-corrected chi connectivity index (χ2v) is 8.39. The molecule has 0 N–H and O–H groups in total. The first-order valence-electron chi connectivity index (χ1n) is 10.5. The Morgan fingerprint density at radius 3 is 2.36 bits per heavy atom. The number of ketones is 1. The lowest BCUT2D eigenvalue weighted by molar-refractivity contribution is 0.102. The van der Waals surface area contributed by atoms with Gasteiger partial charge in [0.15, 0.2) is 16.8 Å². The maximum atomic E-state index is 12.8. The number of carbonyl (C=O) groups excluding carboxylic acids is 1. The lowest BCUT2D eigenvalue weighted by Gasteiger charge is -2.12. The Balaban J connectivity index is 1.52. The third-order valence-corrected chi connectivity index (χ3v) is 6.35. The molecular weight excluding hydrogens is 430 g/mol. The average Bonchev–Trinajstić information content (AvgIpc) is 3.31. The predicted octanol–water partition coefficient (Wildman–Crippen LogP) is 6.07. The lowest BCUT2D eigenvalue weighted by Crippen LogP contribution is -2.05. The van der Waals surface area contributed by atoms with E-state index in [1.54, 1.807) is 31.4 Å². The first-order valence-corrected chi connectivity index (χ1v) is 11.5. The van der Waals surface area contributed by atoms with Crippen LogP contribution in [-0.4, -0.2) is 33.4 Å². The molecule has 0 saturated heterocycles. The largest absolute Gasteiger partial charge is 0.497 e. The molecule has 4 aromatic carbocycles. The van der Waals surface area contributed by atoms with E-state index in [2.05, 4.69) is 34.5 Å². The number of thioether (sulfide) groups is 1. The van der Waals surface area contributed by atoms with Crippen LogP contribution in [0.15, 0.2) is 102 Å². The Morgan fingerprint density at radius 2 is 1.58 bits per heavy atom. The van der Waals surface area contributed by atoms with E-state index in [1.807, 2.05) is 53.1 Å². The number of ether oxygens (including phenoxy) is 1. The molecule has 33 heavy (non-hydrogen) atoms. The van der Waals surface area contributed by atoms with Gasteiger partial charge in [0, 0.05) is 16.8 Å². The molecule has 0 unspecified atom stereocenters. The number of para-hydroxylation sites is 1. The van der Waals surface area contributed by atoms with E-state index < -0.39 is 0 Å². The van der Waals surface area contributed by atoms with Crippen LogP contribution in [0.5, 0.6) is 5.75 Å². The summed E-state index contributed by atoms with van der Waals surface area (Å²) in [4.78, 5) is 12.8. The second-order valence-electron chi connectivity index (χ2n) is 7.44. The third-order valence-electron chi connectivity index (χ3n) is 5.42. The van der Waals surface area contributed by atoms with Gasteiger partial charge in [-0.05, 0) is 47.2 Å². The molecule has 0 fully saturated rings. The molecule has 0 radical (unpaired) electrons. The van der Waals surface area contributed by atoms with Gasteiger partial charge in [0.1, 0.15) is 5.75 Å². The SMILES string of the molecule is COc1ccc(C(=O)CSc2nnc(-c3cccc4ccccc34)n2-c2ccccc2)cc1. The van der Waals surface area contributed by atoms with Gasteiger partial charge in [0.25, 0.3) is 0 Å².